The molecule has 1 N–H and O–H groups in total. The average molecular weight is 233 g/mol. The molecule has 1 fully saturated rings. The lowest BCUT2D eigenvalue weighted by Gasteiger charge is -2.22. The van der Waals surface area contributed by atoms with Gasteiger partial charge in [-0.3, -0.25) is 4.79 Å². The summed E-state index contributed by atoms with van der Waals surface area (Å²) in [5.74, 6) is 0.411. The van der Waals surface area contributed by atoms with Gasteiger partial charge >= 0.3 is 0 Å². The minimum atomic E-state index is -0.0318. The molecule has 1 amide bonds. The fourth-order valence-electron chi connectivity index (χ4n) is 2.13. The normalized spacial score (nSPS) is 20.0. The van der Waals surface area contributed by atoms with Gasteiger partial charge in [-0.1, -0.05) is 6.07 Å². The molecule has 4 nitrogen and oxygen atoms in total. The van der Waals surface area contributed by atoms with Crippen molar-refractivity contribution in [2.75, 3.05) is 27.2 Å². The summed E-state index contributed by atoms with van der Waals surface area (Å²) < 4.78 is 0. The van der Waals surface area contributed by atoms with E-state index in [1.807, 2.05) is 12.1 Å². The number of rotatable bonds is 2. The number of hydrogen-bond acceptors (Lipinski definition) is 3. The largest absolute Gasteiger partial charge is 0.343 e. The highest BCUT2D eigenvalue weighted by atomic mass is 16.2. The molecule has 0 saturated carbocycles. The van der Waals surface area contributed by atoms with Crippen molar-refractivity contribution in [3.8, 4) is 0 Å². The molecule has 4 heteroatoms. The molecule has 0 unspecified atom stereocenters. The first-order valence-electron chi connectivity index (χ1n) is 6.08. The van der Waals surface area contributed by atoms with E-state index in [1.54, 1.807) is 25.1 Å². The van der Waals surface area contributed by atoms with E-state index in [0.717, 1.165) is 25.2 Å². The van der Waals surface area contributed by atoms with Gasteiger partial charge in [-0.2, -0.15) is 0 Å². The first kappa shape index (κ1) is 12.0. The van der Waals surface area contributed by atoms with Crippen molar-refractivity contribution in [1.82, 2.24) is 15.2 Å². The molecular formula is C13H19N3O. The molecule has 1 aromatic rings. The van der Waals surface area contributed by atoms with Gasteiger partial charge in [0.05, 0.1) is 0 Å². The molecule has 17 heavy (non-hydrogen) atoms. The maximum atomic E-state index is 11.8. The zero-order valence-electron chi connectivity index (χ0n) is 10.4. The van der Waals surface area contributed by atoms with Crippen LogP contribution in [0.5, 0.6) is 0 Å². The predicted molar refractivity (Wildman–Crippen MR) is 67.1 cm³/mol. The molecule has 1 atom stereocenters. The lowest BCUT2D eigenvalue weighted by molar-refractivity contribution is 0.0821. The Bertz CT molecular complexity index is 397. The van der Waals surface area contributed by atoms with Gasteiger partial charge in [-0.25, -0.2) is 4.98 Å². The summed E-state index contributed by atoms with van der Waals surface area (Å²) >= 11 is 0. The van der Waals surface area contributed by atoms with Crippen LogP contribution in [0.4, 0.5) is 0 Å². The lowest BCUT2D eigenvalue weighted by atomic mass is 9.95. The SMILES string of the molecule is CN(C)C(=O)c1cccc([C@H]2CCCNC2)n1. The van der Waals surface area contributed by atoms with Gasteiger partial charge < -0.3 is 10.2 Å². The van der Waals surface area contributed by atoms with Crippen molar-refractivity contribution in [3.05, 3.63) is 29.6 Å². The number of carbonyl (C=O) groups excluding carboxylic acids is 1. The van der Waals surface area contributed by atoms with Gasteiger partial charge in [0.25, 0.3) is 5.91 Å². The van der Waals surface area contributed by atoms with Gasteiger partial charge in [0.15, 0.2) is 0 Å². The van der Waals surface area contributed by atoms with E-state index in [-0.39, 0.29) is 5.91 Å². The van der Waals surface area contributed by atoms with Crippen LogP contribution in [0.1, 0.15) is 34.9 Å². The van der Waals surface area contributed by atoms with E-state index < -0.39 is 0 Å². The number of aromatic nitrogens is 1. The maximum absolute atomic E-state index is 11.8. The summed E-state index contributed by atoms with van der Waals surface area (Å²) in [5, 5.41) is 3.37. The molecule has 0 bridgehead atoms. The highest BCUT2D eigenvalue weighted by Crippen LogP contribution is 2.21. The topological polar surface area (TPSA) is 45.2 Å². The minimum absolute atomic E-state index is 0.0318. The Kier molecular flexibility index (Phi) is 3.74. The highest BCUT2D eigenvalue weighted by Gasteiger charge is 2.18. The summed E-state index contributed by atoms with van der Waals surface area (Å²) in [6.07, 6.45) is 2.33. The third kappa shape index (κ3) is 2.82. The Balaban J connectivity index is 2.18. The van der Waals surface area contributed by atoms with Gasteiger partial charge in [0.2, 0.25) is 0 Å². The van der Waals surface area contributed by atoms with E-state index in [4.69, 9.17) is 0 Å². The summed E-state index contributed by atoms with van der Waals surface area (Å²) in [5.41, 5.74) is 1.57. The molecule has 0 radical (unpaired) electrons. The Morgan fingerprint density at radius 2 is 2.29 bits per heavy atom. The van der Waals surface area contributed by atoms with Crippen LogP contribution in [0.3, 0.4) is 0 Å². The Labute approximate surface area is 102 Å². The zero-order chi connectivity index (χ0) is 12.3. The van der Waals surface area contributed by atoms with Crippen LogP contribution < -0.4 is 5.32 Å². The molecule has 1 saturated heterocycles. The molecule has 2 heterocycles. The fraction of sp³-hybridized carbons (Fsp3) is 0.538. The summed E-state index contributed by atoms with van der Waals surface area (Å²) in [6.45, 7) is 2.05. The fourth-order valence-corrected chi connectivity index (χ4v) is 2.13. The summed E-state index contributed by atoms with van der Waals surface area (Å²) in [6, 6.07) is 5.72. The number of carbonyl (C=O) groups is 1. The molecule has 1 aliphatic heterocycles. The molecule has 0 spiro atoms. The van der Waals surface area contributed by atoms with Crippen molar-refractivity contribution >= 4 is 5.91 Å². The molecule has 1 aromatic heterocycles. The van der Waals surface area contributed by atoms with E-state index in [9.17, 15) is 4.79 Å². The van der Waals surface area contributed by atoms with Crippen LogP contribution in [0.25, 0.3) is 0 Å². The number of nitrogens with one attached hydrogen (secondary N) is 1. The first-order chi connectivity index (χ1) is 8.18. The van der Waals surface area contributed by atoms with Crippen LogP contribution in [0.2, 0.25) is 0 Å². The second-order valence-electron chi connectivity index (χ2n) is 4.69. The second kappa shape index (κ2) is 5.27. The summed E-state index contributed by atoms with van der Waals surface area (Å²) in [7, 11) is 3.50. The number of nitrogens with zero attached hydrogens (tertiary/aromatic N) is 2. The summed E-state index contributed by atoms with van der Waals surface area (Å²) in [4.78, 5) is 17.9. The quantitative estimate of drug-likeness (QED) is 0.836. The van der Waals surface area contributed by atoms with Crippen LogP contribution in [0, 0.1) is 0 Å². The molecule has 0 aliphatic carbocycles. The van der Waals surface area contributed by atoms with Crippen molar-refractivity contribution in [2.45, 2.75) is 18.8 Å². The van der Waals surface area contributed by atoms with Crippen LogP contribution in [0.15, 0.2) is 18.2 Å². The van der Waals surface area contributed by atoms with Gasteiger partial charge in [0.1, 0.15) is 5.69 Å². The smallest absolute Gasteiger partial charge is 0.271 e. The van der Waals surface area contributed by atoms with Gasteiger partial charge in [-0.15, -0.1) is 0 Å². The number of hydrogen-bond donors (Lipinski definition) is 1. The second-order valence-corrected chi connectivity index (χ2v) is 4.69. The third-order valence-electron chi connectivity index (χ3n) is 3.11. The standard InChI is InChI=1S/C13H19N3O/c1-16(2)13(17)12-7-3-6-11(15-12)10-5-4-8-14-9-10/h3,6-7,10,14H,4-5,8-9H2,1-2H3/t10-/m0/s1. The third-order valence-corrected chi connectivity index (χ3v) is 3.11. The molecule has 2 rings (SSSR count). The van der Waals surface area contributed by atoms with Gasteiger partial charge in [0, 0.05) is 32.3 Å². The molecule has 1 aliphatic rings. The van der Waals surface area contributed by atoms with Crippen molar-refractivity contribution < 1.29 is 4.79 Å². The first-order valence-corrected chi connectivity index (χ1v) is 6.08. The average Bonchev–Trinajstić information content (AvgIpc) is 2.39. The highest BCUT2D eigenvalue weighted by molar-refractivity contribution is 5.91. The van der Waals surface area contributed by atoms with Gasteiger partial charge in [-0.05, 0) is 31.5 Å². The Hall–Kier alpha value is -1.42. The Morgan fingerprint density at radius 1 is 1.47 bits per heavy atom. The Morgan fingerprint density at radius 3 is 2.94 bits per heavy atom. The number of amides is 1. The van der Waals surface area contributed by atoms with E-state index >= 15 is 0 Å². The monoisotopic (exact) mass is 233 g/mol. The minimum Gasteiger partial charge on any atom is -0.343 e. The molecule has 0 aromatic carbocycles. The van der Waals surface area contributed by atoms with Crippen molar-refractivity contribution in [1.29, 1.82) is 0 Å². The van der Waals surface area contributed by atoms with E-state index in [1.165, 1.54) is 6.42 Å². The molecule has 92 valence electrons. The maximum Gasteiger partial charge on any atom is 0.271 e. The molecular weight excluding hydrogens is 214 g/mol. The zero-order valence-corrected chi connectivity index (χ0v) is 10.4. The van der Waals surface area contributed by atoms with Crippen LogP contribution >= 0.6 is 0 Å². The number of piperidine rings is 1. The predicted octanol–water partition coefficient (Wildman–Crippen LogP) is 1.25. The van der Waals surface area contributed by atoms with Crippen molar-refractivity contribution in [2.24, 2.45) is 0 Å². The van der Waals surface area contributed by atoms with E-state index in [2.05, 4.69) is 10.3 Å². The van der Waals surface area contributed by atoms with E-state index in [0.29, 0.717) is 11.6 Å². The number of pyridine rings is 1. The van der Waals surface area contributed by atoms with Crippen molar-refractivity contribution in [3.63, 3.8) is 0 Å². The van der Waals surface area contributed by atoms with Crippen LogP contribution in [-0.2, 0) is 0 Å². The van der Waals surface area contributed by atoms with Crippen LogP contribution in [-0.4, -0.2) is 43.0 Å². The lowest BCUT2D eigenvalue weighted by Crippen LogP contribution is -2.29.